The molecule has 3 nitrogen and oxygen atoms in total. The summed E-state index contributed by atoms with van der Waals surface area (Å²) in [5.74, 6) is -1.62. The van der Waals surface area contributed by atoms with E-state index in [1.807, 2.05) is 13.8 Å². The Bertz CT molecular complexity index is 469. The van der Waals surface area contributed by atoms with Gasteiger partial charge in [0.05, 0.1) is 6.04 Å². The van der Waals surface area contributed by atoms with E-state index < -0.39 is 17.7 Å². The summed E-state index contributed by atoms with van der Waals surface area (Å²) in [4.78, 5) is 12.1. The molecule has 2 atom stereocenters. The molecule has 0 fully saturated rings. The van der Waals surface area contributed by atoms with Crippen LogP contribution in [0.25, 0.3) is 0 Å². The van der Waals surface area contributed by atoms with Crippen LogP contribution in [0.4, 0.5) is 8.78 Å². The van der Waals surface area contributed by atoms with E-state index in [2.05, 4.69) is 10.6 Å². The summed E-state index contributed by atoms with van der Waals surface area (Å²) in [5, 5.41) is 5.76. The lowest BCUT2D eigenvalue weighted by Crippen LogP contribution is -2.38. The van der Waals surface area contributed by atoms with Crippen LogP contribution in [-0.2, 0) is 4.79 Å². The Morgan fingerprint density at radius 1 is 1.24 bits per heavy atom. The van der Waals surface area contributed by atoms with Gasteiger partial charge in [-0.15, -0.1) is 12.4 Å². The van der Waals surface area contributed by atoms with E-state index in [0.29, 0.717) is 12.1 Å². The molecule has 0 bridgehead atoms. The zero-order valence-electron chi connectivity index (χ0n) is 12.7. The van der Waals surface area contributed by atoms with Crippen LogP contribution in [0.3, 0.4) is 0 Å². The predicted octanol–water partition coefficient (Wildman–Crippen LogP) is 3.06. The molecule has 1 rings (SSSR count). The van der Waals surface area contributed by atoms with Crippen molar-refractivity contribution in [3.8, 4) is 0 Å². The minimum atomic E-state index is -0.634. The van der Waals surface area contributed by atoms with Gasteiger partial charge in [-0.05, 0) is 19.0 Å². The smallest absolute Gasteiger partial charge is 0.224 e. The van der Waals surface area contributed by atoms with E-state index in [1.165, 1.54) is 12.1 Å². The van der Waals surface area contributed by atoms with Crippen molar-refractivity contribution in [3.63, 3.8) is 0 Å². The van der Waals surface area contributed by atoms with Gasteiger partial charge in [-0.2, -0.15) is 0 Å². The van der Waals surface area contributed by atoms with Crippen molar-refractivity contribution in [2.75, 3.05) is 13.6 Å². The Balaban J connectivity index is 0.00000400. The van der Waals surface area contributed by atoms with Gasteiger partial charge in [0.1, 0.15) is 11.6 Å². The first-order chi connectivity index (χ1) is 9.36. The number of hydrogen-bond donors (Lipinski definition) is 2. The fourth-order valence-electron chi connectivity index (χ4n) is 2.05. The molecule has 0 heterocycles. The first-order valence-corrected chi connectivity index (χ1v) is 6.76. The third kappa shape index (κ3) is 5.59. The summed E-state index contributed by atoms with van der Waals surface area (Å²) in [5.41, 5.74) is 0.311. The van der Waals surface area contributed by atoms with Crippen molar-refractivity contribution < 1.29 is 13.6 Å². The maximum atomic E-state index is 13.9. The monoisotopic (exact) mass is 320 g/mol. The lowest BCUT2D eigenvalue weighted by molar-refractivity contribution is -0.125. The summed E-state index contributed by atoms with van der Waals surface area (Å²) < 4.78 is 26.8. The van der Waals surface area contributed by atoms with Gasteiger partial charge in [0.25, 0.3) is 0 Å². The molecule has 120 valence electrons. The van der Waals surface area contributed by atoms with Crippen molar-refractivity contribution in [1.82, 2.24) is 10.6 Å². The SMILES string of the molecule is CNCC(C)C(=O)NC(c1ccc(F)cc1F)C(C)C.Cl. The van der Waals surface area contributed by atoms with Crippen LogP contribution in [0.15, 0.2) is 18.2 Å². The fraction of sp³-hybridized carbons (Fsp3) is 0.533. The summed E-state index contributed by atoms with van der Waals surface area (Å²) in [6.45, 7) is 6.11. The lowest BCUT2D eigenvalue weighted by atomic mass is 9.94. The molecule has 21 heavy (non-hydrogen) atoms. The number of rotatable bonds is 6. The quantitative estimate of drug-likeness (QED) is 0.846. The zero-order chi connectivity index (χ0) is 15.3. The highest BCUT2D eigenvalue weighted by atomic mass is 35.5. The molecule has 0 spiro atoms. The Morgan fingerprint density at radius 3 is 2.33 bits per heavy atom. The topological polar surface area (TPSA) is 41.1 Å². The van der Waals surface area contributed by atoms with Crippen LogP contribution < -0.4 is 10.6 Å². The van der Waals surface area contributed by atoms with Gasteiger partial charge in [-0.1, -0.05) is 26.8 Å². The third-order valence-corrected chi connectivity index (χ3v) is 3.22. The lowest BCUT2D eigenvalue weighted by Gasteiger charge is -2.25. The summed E-state index contributed by atoms with van der Waals surface area (Å²) >= 11 is 0. The number of carbonyl (C=O) groups is 1. The molecule has 0 aromatic heterocycles. The molecular weight excluding hydrogens is 298 g/mol. The Kier molecular flexibility index (Phi) is 8.44. The molecule has 0 aliphatic carbocycles. The molecule has 2 N–H and O–H groups in total. The number of benzene rings is 1. The van der Waals surface area contributed by atoms with Gasteiger partial charge in [0, 0.05) is 24.1 Å². The van der Waals surface area contributed by atoms with E-state index in [9.17, 15) is 13.6 Å². The van der Waals surface area contributed by atoms with Gasteiger partial charge in [-0.25, -0.2) is 8.78 Å². The molecule has 6 heteroatoms. The second kappa shape index (κ2) is 8.95. The summed E-state index contributed by atoms with van der Waals surface area (Å²) in [6, 6.07) is 2.96. The highest BCUT2D eigenvalue weighted by Gasteiger charge is 2.23. The van der Waals surface area contributed by atoms with Crippen LogP contribution in [0.2, 0.25) is 0 Å². The maximum absolute atomic E-state index is 13.9. The van der Waals surface area contributed by atoms with Crippen molar-refractivity contribution in [2.24, 2.45) is 11.8 Å². The first-order valence-electron chi connectivity index (χ1n) is 6.76. The number of halogens is 3. The van der Waals surface area contributed by atoms with Gasteiger partial charge >= 0.3 is 0 Å². The van der Waals surface area contributed by atoms with Crippen LogP contribution in [0.5, 0.6) is 0 Å². The van der Waals surface area contributed by atoms with E-state index >= 15 is 0 Å². The molecule has 1 aromatic rings. The van der Waals surface area contributed by atoms with E-state index in [-0.39, 0.29) is 30.2 Å². The Hall–Kier alpha value is -1.20. The van der Waals surface area contributed by atoms with E-state index in [0.717, 1.165) is 6.07 Å². The molecule has 0 radical (unpaired) electrons. The normalized spacial score (nSPS) is 13.5. The van der Waals surface area contributed by atoms with Crippen LogP contribution in [0.1, 0.15) is 32.4 Å². The predicted molar refractivity (Wildman–Crippen MR) is 82.4 cm³/mol. The highest BCUT2D eigenvalue weighted by Crippen LogP contribution is 2.25. The third-order valence-electron chi connectivity index (χ3n) is 3.22. The Morgan fingerprint density at radius 2 is 1.86 bits per heavy atom. The minimum absolute atomic E-state index is 0. The second-order valence-electron chi connectivity index (χ2n) is 5.35. The minimum Gasteiger partial charge on any atom is -0.349 e. The van der Waals surface area contributed by atoms with Gasteiger partial charge < -0.3 is 10.6 Å². The van der Waals surface area contributed by atoms with Crippen LogP contribution in [-0.4, -0.2) is 19.5 Å². The summed E-state index contributed by atoms with van der Waals surface area (Å²) in [7, 11) is 1.77. The molecule has 1 aromatic carbocycles. The summed E-state index contributed by atoms with van der Waals surface area (Å²) in [6.07, 6.45) is 0. The van der Waals surface area contributed by atoms with Crippen molar-refractivity contribution in [2.45, 2.75) is 26.8 Å². The molecule has 2 unspecified atom stereocenters. The highest BCUT2D eigenvalue weighted by molar-refractivity contribution is 5.85. The first kappa shape index (κ1) is 19.8. The largest absolute Gasteiger partial charge is 0.349 e. The second-order valence-corrected chi connectivity index (χ2v) is 5.35. The molecule has 0 aliphatic heterocycles. The Labute approximate surface area is 130 Å². The van der Waals surface area contributed by atoms with E-state index in [4.69, 9.17) is 0 Å². The standard InChI is InChI=1S/C15H22F2N2O.ClH/c1-9(2)14(19-15(20)10(3)8-18-4)12-6-5-11(16)7-13(12)17;/h5-7,9-10,14,18H,8H2,1-4H3,(H,19,20);1H. The van der Waals surface area contributed by atoms with Crippen LogP contribution >= 0.6 is 12.4 Å². The molecule has 0 aliphatic rings. The van der Waals surface area contributed by atoms with E-state index in [1.54, 1.807) is 14.0 Å². The molecule has 0 saturated heterocycles. The molecule has 1 amide bonds. The average Bonchev–Trinajstić information content (AvgIpc) is 2.36. The number of hydrogen-bond acceptors (Lipinski definition) is 2. The van der Waals surface area contributed by atoms with Gasteiger partial charge in [-0.3, -0.25) is 4.79 Å². The van der Waals surface area contributed by atoms with Crippen molar-refractivity contribution in [1.29, 1.82) is 0 Å². The zero-order valence-corrected chi connectivity index (χ0v) is 13.6. The van der Waals surface area contributed by atoms with Gasteiger partial charge in [0.2, 0.25) is 5.91 Å². The van der Waals surface area contributed by atoms with Crippen molar-refractivity contribution >= 4 is 18.3 Å². The average molecular weight is 321 g/mol. The molecular formula is C15H23ClF2N2O. The van der Waals surface area contributed by atoms with Crippen molar-refractivity contribution in [3.05, 3.63) is 35.4 Å². The van der Waals surface area contributed by atoms with Gasteiger partial charge in [0.15, 0.2) is 0 Å². The number of amides is 1. The molecule has 0 saturated carbocycles. The maximum Gasteiger partial charge on any atom is 0.224 e. The number of nitrogens with one attached hydrogen (secondary N) is 2. The number of carbonyl (C=O) groups excluding carboxylic acids is 1. The van der Waals surface area contributed by atoms with Crippen LogP contribution in [0, 0.1) is 23.5 Å². The fourth-order valence-corrected chi connectivity index (χ4v) is 2.05.